The summed E-state index contributed by atoms with van der Waals surface area (Å²) in [5, 5.41) is 0. The molecule has 1 aromatic rings. The number of hydrogen-bond donors (Lipinski definition) is 1. The van der Waals surface area contributed by atoms with Crippen molar-refractivity contribution in [2.24, 2.45) is 5.73 Å². The first-order valence-corrected chi connectivity index (χ1v) is 5.72. The number of ether oxygens (including phenoxy) is 2. The smallest absolute Gasteiger partial charge is 0.305 e. The molecular formula is C13H19NO3. The van der Waals surface area contributed by atoms with Crippen LogP contribution in [0.2, 0.25) is 0 Å². The molecule has 2 N–H and O–H groups in total. The summed E-state index contributed by atoms with van der Waals surface area (Å²) >= 11 is 0. The molecule has 0 aliphatic heterocycles. The van der Waals surface area contributed by atoms with Crippen LogP contribution in [0.1, 0.15) is 31.4 Å². The van der Waals surface area contributed by atoms with Gasteiger partial charge in [-0.25, -0.2) is 0 Å². The summed E-state index contributed by atoms with van der Waals surface area (Å²) in [4.78, 5) is 11.2. The summed E-state index contributed by atoms with van der Waals surface area (Å²) < 4.78 is 9.91. The predicted molar refractivity (Wildman–Crippen MR) is 65.8 cm³/mol. The fourth-order valence-electron chi connectivity index (χ4n) is 1.52. The van der Waals surface area contributed by atoms with Gasteiger partial charge in [0.25, 0.3) is 0 Å². The van der Waals surface area contributed by atoms with Crippen LogP contribution in [0.5, 0.6) is 5.75 Å². The molecule has 0 fully saturated rings. The molecule has 0 amide bonds. The fourth-order valence-corrected chi connectivity index (χ4v) is 1.52. The molecular weight excluding hydrogens is 218 g/mol. The predicted octanol–water partition coefficient (Wildman–Crippen LogP) is 2.04. The van der Waals surface area contributed by atoms with Crippen molar-refractivity contribution in [1.29, 1.82) is 0 Å². The topological polar surface area (TPSA) is 61.5 Å². The molecule has 4 nitrogen and oxygen atoms in total. The number of benzene rings is 1. The van der Waals surface area contributed by atoms with E-state index in [4.69, 9.17) is 15.2 Å². The van der Waals surface area contributed by atoms with Crippen LogP contribution in [0.15, 0.2) is 24.3 Å². The first-order valence-electron chi connectivity index (χ1n) is 5.72. The van der Waals surface area contributed by atoms with Crippen LogP contribution >= 0.6 is 0 Å². The van der Waals surface area contributed by atoms with E-state index in [9.17, 15) is 4.79 Å². The lowest BCUT2D eigenvalue weighted by Crippen LogP contribution is -2.13. The summed E-state index contributed by atoms with van der Waals surface area (Å²) in [7, 11) is 1.62. The molecule has 0 saturated heterocycles. The number of rotatable bonds is 6. The Morgan fingerprint density at radius 2 is 2.00 bits per heavy atom. The highest BCUT2D eigenvalue weighted by molar-refractivity contribution is 5.69. The minimum atomic E-state index is -0.198. The second kappa shape index (κ2) is 6.91. The highest BCUT2D eigenvalue weighted by atomic mass is 16.5. The molecule has 0 bridgehead atoms. The van der Waals surface area contributed by atoms with Crippen molar-refractivity contribution in [2.45, 2.75) is 25.8 Å². The van der Waals surface area contributed by atoms with Crippen LogP contribution in [0.4, 0.5) is 0 Å². The molecule has 94 valence electrons. The summed E-state index contributed by atoms with van der Waals surface area (Å²) in [6.45, 7) is 2.21. The highest BCUT2D eigenvalue weighted by Gasteiger charge is 2.09. The molecule has 4 heteroatoms. The third-order valence-electron chi connectivity index (χ3n) is 2.51. The van der Waals surface area contributed by atoms with Crippen molar-refractivity contribution in [3.8, 4) is 5.75 Å². The third kappa shape index (κ3) is 4.44. The molecule has 0 unspecified atom stereocenters. The summed E-state index contributed by atoms with van der Waals surface area (Å²) in [6.07, 6.45) is 0.937. The van der Waals surface area contributed by atoms with Gasteiger partial charge in [-0.3, -0.25) is 4.79 Å². The molecule has 1 aromatic carbocycles. The van der Waals surface area contributed by atoms with E-state index < -0.39 is 0 Å². The number of hydrogen-bond acceptors (Lipinski definition) is 4. The Morgan fingerprint density at radius 1 is 1.35 bits per heavy atom. The van der Waals surface area contributed by atoms with Gasteiger partial charge in [-0.1, -0.05) is 12.1 Å². The number of carbonyl (C=O) groups excluding carboxylic acids is 1. The average molecular weight is 237 g/mol. The zero-order valence-electron chi connectivity index (χ0n) is 10.3. The molecule has 0 radical (unpaired) electrons. The third-order valence-corrected chi connectivity index (χ3v) is 2.51. The Hall–Kier alpha value is -1.55. The molecule has 17 heavy (non-hydrogen) atoms. The van der Waals surface area contributed by atoms with Gasteiger partial charge in [0.1, 0.15) is 5.75 Å². The van der Waals surface area contributed by atoms with Crippen molar-refractivity contribution in [3.63, 3.8) is 0 Å². The molecule has 0 aliphatic rings. The summed E-state index contributed by atoms with van der Waals surface area (Å²) in [5.74, 6) is 0.600. The van der Waals surface area contributed by atoms with Gasteiger partial charge in [0.05, 0.1) is 13.7 Å². The fraction of sp³-hybridized carbons (Fsp3) is 0.462. The minimum Gasteiger partial charge on any atom is -0.497 e. The maximum atomic E-state index is 11.2. The molecule has 0 aromatic heterocycles. The van der Waals surface area contributed by atoms with Crippen molar-refractivity contribution in [1.82, 2.24) is 0 Å². The Balaban J connectivity index is 2.46. The SMILES string of the molecule is CCOC(=O)CC[C@@H](N)c1ccc(OC)cc1. The lowest BCUT2D eigenvalue weighted by Gasteiger charge is -2.12. The second-order valence-electron chi connectivity index (χ2n) is 3.72. The molecule has 0 saturated carbocycles. The van der Waals surface area contributed by atoms with Crippen LogP contribution in [-0.4, -0.2) is 19.7 Å². The van der Waals surface area contributed by atoms with Crippen molar-refractivity contribution < 1.29 is 14.3 Å². The standard InChI is InChI=1S/C13H19NO3/c1-3-17-13(15)9-8-12(14)10-4-6-11(16-2)7-5-10/h4-7,12H,3,8-9,14H2,1-2H3/t12-/m1/s1. The normalized spacial score (nSPS) is 11.9. The van der Waals surface area contributed by atoms with E-state index in [-0.39, 0.29) is 12.0 Å². The Labute approximate surface area is 102 Å². The first-order chi connectivity index (χ1) is 8.17. The van der Waals surface area contributed by atoms with Crippen molar-refractivity contribution in [3.05, 3.63) is 29.8 Å². The van der Waals surface area contributed by atoms with E-state index in [0.29, 0.717) is 19.4 Å². The number of nitrogens with two attached hydrogens (primary N) is 1. The maximum absolute atomic E-state index is 11.2. The minimum absolute atomic E-state index is 0.148. The van der Waals surface area contributed by atoms with Gasteiger partial charge in [-0.2, -0.15) is 0 Å². The van der Waals surface area contributed by atoms with Crippen LogP contribution in [0.25, 0.3) is 0 Å². The Kier molecular flexibility index (Phi) is 5.49. The van der Waals surface area contributed by atoms with Crippen molar-refractivity contribution >= 4 is 5.97 Å². The largest absolute Gasteiger partial charge is 0.497 e. The van der Waals surface area contributed by atoms with Crippen LogP contribution in [0, 0.1) is 0 Å². The molecule has 0 spiro atoms. The van der Waals surface area contributed by atoms with E-state index in [1.807, 2.05) is 24.3 Å². The summed E-state index contributed by atoms with van der Waals surface area (Å²) in [5.41, 5.74) is 6.98. The maximum Gasteiger partial charge on any atom is 0.305 e. The zero-order valence-corrected chi connectivity index (χ0v) is 10.3. The van der Waals surface area contributed by atoms with Gasteiger partial charge in [0.2, 0.25) is 0 Å². The van der Waals surface area contributed by atoms with Crippen LogP contribution in [0.3, 0.4) is 0 Å². The van der Waals surface area contributed by atoms with E-state index in [0.717, 1.165) is 11.3 Å². The number of esters is 1. The van der Waals surface area contributed by atoms with E-state index in [1.54, 1.807) is 14.0 Å². The Morgan fingerprint density at radius 3 is 2.53 bits per heavy atom. The van der Waals surface area contributed by atoms with Gasteiger partial charge in [0, 0.05) is 12.5 Å². The van der Waals surface area contributed by atoms with Gasteiger partial charge < -0.3 is 15.2 Å². The molecule has 1 atom stereocenters. The summed E-state index contributed by atoms with van der Waals surface area (Å²) in [6, 6.07) is 7.40. The number of carbonyl (C=O) groups is 1. The Bertz CT molecular complexity index is 348. The second-order valence-corrected chi connectivity index (χ2v) is 3.72. The number of methoxy groups -OCH3 is 1. The molecule has 1 rings (SSSR count). The zero-order chi connectivity index (χ0) is 12.7. The molecule has 0 aliphatic carbocycles. The van der Waals surface area contributed by atoms with Gasteiger partial charge >= 0.3 is 5.97 Å². The quantitative estimate of drug-likeness (QED) is 0.769. The van der Waals surface area contributed by atoms with E-state index in [1.165, 1.54) is 0 Å². The van der Waals surface area contributed by atoms with Crippen molar-refractivity contribution in [2.75, 3.05) is 13.7 Å². The lowest BCUT2D eigenvalue weighted by atomic mass is 10.0. The van der Waals surface area contributed by atoms with E-state index >= 15 is 0 Å². The lowest BCUT2D eigenvalue weighted by molar-refractivity contribution is -0.143. The first kappa shape index (κ1) is 13.5. The van der Waals surface area contributed by atoms with Crippen LogP contribution < -0.4 is 10.5 Å². The van der Waals surface area contributed by atoms with E-state index in [2.05, 4.69) is 0 Å². The van der Waals surface area contributed by atoms with Gasteiger partial charge in [0.15, 0.2) is 0 Å². The van der Waals surface area contributed by atoms with Crippen LogP contribution in [-0.2, 0) is 9.53 Å². The van der Waals surface area contributed by atoms with Gasteiger partial charge in [-0.15, -0.1) is 0 Å². The van der Waals surface area contributed by atoms with Gasteiger partial charge in [-0.05, 0) is 31.0 Å². The average Bonchev–Trinajstić information content (AvgIpc) is 2.36. The highest BCUT2D eigenvalue weighted by Crippen LogP contribution is 2.19. The monoisotopic (exact) mass is 237 g/mol. The molecule has 0 heterocycles.